The van der Waals surface area contributed by atoms with Crippen LogP contribution in [0.15, 0.2) is 11.9 Å². The molecule has 3 atom stereocenters. The lowest BCUT2D eigenvalue weighted by atomic mass is 10.2. The Morgan fingerprint density at radius 3 is 2.50 bits per heavy atom. The van der Waals surface area contributed by atoms with E-state index in [1.54, 1.807) is 6.08 Å². The summed E-state index contributed by atoms with van der Waals surface area (Å²) in [6.45, 7) is 3.70. The average Bonchev–Trinajstić information content (AvgIpc) is 2.79. The van der Waals surface area contributed by atoms with Crippen LogP contribution in [-0.4, -0.2) is 38.5 Å². The van der Waals surface area contributed by atoms with Crippen LogP contribution in [0.4, 0.5) is 0 Å². The first-order valence-corrected chi connectivity index (χ1v) is 7.40. The van der Waals surface area contributed by atoms with E-state index < -0.39 is 13.4 Å². The van der Waals surface area contributed by atoms with E-state index in [9.17, 15) is 4.57 Å². The molecule has 2 rings (SSSR count). The second-order valence-electron chi connectivity index (χ2n) is 4.70. The first-order chi connectivity index (χ1) is 8.37. The zero-order valence-corrected chi connectivity index (χ0v) is 11.9. The third kappa shape index (κ3) is 3.02. The van der Waals surface area contributed by atoms with Crippen molar-refractivity contribution in [2.75, 3.05) is 14.2 Å². The molecule has 0 aromatic heterocycles. The predicted molar refractivity (Wildman–Crippen MR) is 64.1 cm³/mol. The van der Waals surface area contributed by atoms with Gasteiger partial charge in [0.25, 0.3) is 0 Å². The summed E-state index contributed by atoms with van der Waals surface area (Å²) in [6.07, 6.45) is 1.69. The van der Waals surface area contributed by atoms with Crippen molar-refractivity contribution in [3.63, 3.8) is 0 Å². The summed E-state index contributed by atoms with van der Waals surface area (Å²) < 4.78 is 38.3. The molecule has 0 saturated carbocycles. The van der Waals surface area contributed by atoms with E-state index >= 15 is 0 Å². The van der Waals surface area contributed by atoms with Gasteiger partial charge in [0.15, 0.2) is 12.1 Å². The monoisotopic (exact) mass is 278 g/mol. The topological polar surface area (TPSA) is 63.2 Å². The number of hydrogen-bond donors (Lipinski definition) is 0. The van der Waals surface area contributed by atoms with Crippen LogP contribution in [0.2, 0.25) is 0 Å². The highest BCUT2D eigenvalue weighted by molar-refractivity contribution is 7.57. The third-order valence-electron chi connectivity index (χ3n) is 2.90. The quantitative estimate of drug-likeness (QED) is 0.735. The SMILES string of the molecule is COP(=O)(C=CC1CC2OC(C)(C)OC2O1)OC. The molecule has 0 amide bonds. The van der Waals surface area contributed by atoms with Crippen LogP contribution in [0.1, 0.15) is 20.3 Å². The van der Waals surface area contributed by atoms with Crippen LogP contribution < -0.4 is 0 Å². The number of fused-ring (bicyclic) bond motifs is 1. The van der Waals surface area contributed by atoms with Gasteiger partial charge < -0.3 is 23.3 Å². The highest BCUT2D eigenvalue weighted by Gasteiger charge is 2.48. The fourth-order valence-electron chi connectivity index (χ4n) is 2.06. The molecule has 0 spiro atoms. The summed E-state index contributed by atoms with van der Waals surface area (Å²) in [4.78, 5) is 0. The van der Waals surface area contributed by atoms with Crippen molar-refractivity contribution in [1.29, 1.82) is 0 Å². The van der Waals surface area contributed by atoms with Crippen molar-refractivity contribution >= 4 is 7.60 Å². The summed E-state index contributed by atoms with van der Waals surface area (Å²) in [5.41, 5.74) is 0. The molecule has 0 bridgehead atoms. The Labute approximate surface area is 107 Å². The van der Waals surface area contributed by atoms with Crippen molar-refractivity contribution in [3.05, 3.63) is 11.9 Å². The first kappa shape index (κ1) is 14.2. The van der Waals surface area contributed by atoms with Gasteiger partial charge in [-0.1, -0.05) is 0 Å². The average molecular weight is 278 g/mol. The van der Waals surface area contributed by atoms with Gasteiger partial charge >= 0.3 is 7.60 Å². The van der Waals surface area contributed by atoms with Gasteiger partial charge in [-0.15, -0.1) is 0 Å². The minimum Gasteiger partial charge on any atom is -0.342 e. The molecule has 6 nitrogen and oxygen atoms in total. The van der Waals surface area contributed by atoms with E-state index in [-0.39, 0.29) is 18.5 Å². The van der Waals surface area contributed by atoms with E-state index in [4.69, 9.17) is 23.3 Å². The molecule has 0 radical (unpaired) electrons. The van der Waals surface area contributed by atoms with Gasteiger partial charge in [0.2, 0.25) is 0 Å². The van der Waals surface area contributed by atoms with Crippen LogP contribution in [0, 0.1) is 0 Å². The minimum atomic E-state index is -3.13. The molecule has 0 aromatic carbocycles. The molecule has 2 saturated heterocycles. The maximum absolute atomic E-state index is 11.8. The summed E-state index contributed by atoms with van der Waals surface area (Å²) in [5, 5.41) is 0. The normalized spacial score (nSPS) is 35.2. The largest absolute Gasteiger partial charge is 0.353 e. The first-order valence-electron chi connectivity index (χ1n) is 5.79. The standard InChI is InChI=1S/C11H19O6P/c1-11(2)16-9-7-8(15-10(9)17-11)5-6-18(12,13-3)14-4/h5-6,8-10H,7H2,1-4H3. The van der Waals surface area contributed by atoms with E-state index in [0.29, 0.717) is 6.42 Å². The lowest BCUT2D eigenvalue weighted by Gasteiger charge is -2.19. The molecule has 0 aliphatic carbocycles. The molecule has 2 aliphatic rings. The third-order valence-corrected chi connectivity index (χ3v) is 4.46. The fourth-order valence-corrected chi connectivity index (χ4v) is 2.85. The van der Waals surface area contributed by atoms with Crippen molar-refractivity contribution in [3.8, 4) is 0 Å². The molecule has 2 heterocycles. The molecular formula is C11H19O6P. The van der Waals surface area contributed by atoms with Crippen molar-refractivity contribution in [2.45, 2.75) is 44.6 Å². The van der Waals surface area contributed by atoms with Crippen LogP contribution in [0.5, 0.6) is 0 Å². The second kappa shape index (κ2) is 5.04. The molecule has 104 valence electrons. The highest BCUT2D eigenvalue weighted by Crippen LogP contribution is 2.48. The number of rotatable bonds is 4. The van der Waals surface area contributed by atoms with Crippen LogP contribution in [0.25, 0.3) is 0 Å². The molecule has 2 aliphatic heterocycles. The second-order valence-corrected chi connectivity index (χ2v) is 6.81. The Balaban J connectivity index is 1.93. The molecular weight excluding hydrogens is 259 g/mol. The maximum atomic E-state index is 11.8. The molecule has 0 N–H and O–H groups in total. The van der Waals surface area contributed by atoms with Gasteiger partial charge in [0.05, 0.1) is 6.10 Å². The Bertz CT molecular complexity index is 356. The predicted octanol–water partition coefficient (Wildman–Crippen LogP) is 2.25. The number of hydrogen-bond acceptors (Lipinski definition) is 6. The number of ether oxygens (including phenoxy) is 3. The van der Waals surface area contributed by atoms with Crippen molar-refractivity contribution in [2.24, 2.45) is 0 Å². The van der Waals surface area contributed by atoms with Gasteiger partial charge in [-0.25, -0.2) is 0 Å². The van der Waals surface area contributed by atoms with Crippen molar-refractivity contribution in [1.82, 2.24) is 0 Å². The van der Waals surface area contributed by atoms with Crippen molar-refractivity contribution < 1.29 is 27.8 Å². The highest BCUT2D eigenvalue weighted by atomic mass is 31.2. The van der Waals surface area contributed by atoms with Crippen LogP contribution >= 0.6 is 7.60 Å². The Morgan fingerprint density at radius 1 is 1.28 bits per heavy atom. The molecule has 0 aromatic rings. The molecule has 7 heteroatoms. The fraction of sp³-hybridized carbons (Fsp3) is 0.818. The maximum Gasteiger partial charge on any atom is 0.353 e. The van der Waals surface area contributed by atoms with Gasteiger partial charge in [-0.3, -0.25) is 4.57 Å². The lowest BCUT2D eigenvalue weighted by molar-refractivity contribution is -0.199. The van der Waals surface area contributed by atoms with Crippen LogP contribution in [-0.2, 0) is 27.8 Å². The summed E-state index contributed by atoms with van der Waals surface area (Å²) in [6, 6.07) is 0. The zero-order chi connectivity index (χ0) is 13.4. The van der Waals surface area contributed by atoms with E-state index in [2.05, 4.69) is 0 Å². The lowest BCUT2D eigenvalue weighted by Crippen LogP contribution is -2.24. The van der Waals surface area contributed by atoms with E-state index in [1.807, 2.05) is 13.8 Å². The summed E-state index contributed by atoms with van der Waals surface area (Å²) in [5.74, 6) is 0.808. The molecule has 3 unspecified atom stereocenters. The van der Waals surface area contributed by atoms with Gasteiger partial charge in [-0.05, 0) is 19.9 Å². The minimum absolute atomic E-state index is 0.0841. The summed E-state index contributed by atoms with van der Waals surface area (Å²) >= 11 is 0. The molecule has 2 fully saturated rings. The smallest absolute Gasteiger partial charge is 0.342 e. The Morgan fingerprint density at radius 2 is 1.94 bits per heavy atom. The van der Waals surface area contributed by atoms with E-state index in [1.165, 1.54) is 20.0 Å². The van der Waals surface area contributed by atoms with Crippen LogP contribution in [0.3, 0.4) is 0 Å². The van der Waals surface area contributed by atoms with Gasteiger partial charge in [0, 0.05) is 26.5 Å². The van der Waals surface area contributed by atoms with Gasteiger partial charge in [-0.2, -0.15) is 0 Å². The summed E-state index contributed by atoms with van der Waals surface area (Å²) in [7, 11) is -0.450. The molecule has 18 heavy (non-hydrogen) atoms. The zero-order valence-electron chi connectivity index (χ0n) is 11.0. The Hall–Kier alpha value is -0.230. The Kier molecular flexibility index (Phi) is 3.97. The van der Waals surface area contributed by atoms with Gasteiger partial charge in [0.1, 0.15) is 6.10 Å². The van der Waals surface area contributed by atoms with E-state index in [0.717, 1.165) is 0 Å².